The number of rotatable bonds is 6. The summed E-state index contributed by atoms with van der Waals surface area (Å²) in [6.07, 6.45) is 0. The Kier molecular flexibility index (Phi) is 6.62. The summed E-state index contributed by atoms with van der Waals surface area (Å²) in [7, 11) is 1.74. The first-order chi connectivity index (χ1) is 11.2. The lowest BCUT2D eigenvalue weighted by Crippen LogP contribution is -2.36. The first kappa shape index (κ1) is 17.0. The molecule has 0 saturated carbocycles. The number of hydrogen-bond acceptors (Lipinski definition) is 3. The average Bonchev–Trinajstić information content (AvgIpc) is 3.09. The number of guanidine groups is 1. The highest BCUT2D eigenvalue weighted by Crippen LogP contribution is 2.06. The number of benzene rings is 1. The van der Waals surface area contributed by atoms with Crippen molar-refractivity contribution in [2.24, 2.45) is 4.99 Å². The van der Waals surface area contributed by atoms with Crippen molar-refractivity contribution in [2.45, 2.75) is 20.0 Å². The quantitative estimate of drug-likeness (QED) is 0.563. The largest absolute Gasteiger partial charge is 0.352 e. The molecule has 23 heavy (non-hydrogen) atoms. The van der Waals surface area contributed by atoms with Crippen molar-refractivity contribution >= 4 is 23.2 Å². The number of thiophene rings is 1. The molecule has 2 rings (SSSR count). The number of carbonyl (C=O) groups excluding carboxylic acids is 1. The fourth-order valence-electron chi connectivity index (χ4n) is 2.07. The van der Waals surface area contributed by atoms with E-state index in [1.54, 1.807) is 18.4 Å². The van der Waals surface area contributed by atoms with Gasteiger partial charge in [0.15, 0.2) is 5.96 Å². The first-order valence-corrected chi connectivity index (χ1v) is 8.50. The maximum absolute atomic E-state index is 11.9. The van der Waals surface area contributed by atoms with Gasteiger partial charge in [-0.25, -0.2) is 0 Å². The second-order valence-corrected chi connectivity index (χ2v) is 5.75. The predicted octanol–water partition coefficient (Wildman–Crippen LogP) is 2.36. The van der Waals surface area contributed by atoms with Crippen LogP contribution in [0.5, 0.6) is 0 Å². The molecule has 0 atom stereocenters. The summed E-state index contributed by atoms with van der Waals surface area (Å²) in [5.41, 5.74) is 2.94. The summed E-state index contributed by atoms with van der Waals surface area (Å²) in [6, 6.07) is 9.67. The number of nitrogens with one attached hydrogen (secondary N) is 3. The van der Waals surface area contributed by atoms with E-state index in [2.05, 4.69) is 37.8 Å². The summed E-state index contributed by atoms with van der Waals surface area (Å²) in [6.45, 7) is 3.88. The SMILES string of the molecule is CCNC(=O)c1cccc(CNC(=NC)NCc2ccsc2)c1. The Morgan fingerprint density at radius 2 is 1.91 bits per heavy atom. The van der Waals surface area contributed by atoms with E-state index in [9.17, 15) is 4.79 Å². The van der Waals surface area contributed by atoms with E-state index in [4.69, 9.17) is 0 Å². The molecule has 1 aromatic carbocycles. The molecule has 0 aliphatic rings. The van der Waals surface area contributed by atoms with E-state index in [0.29, 0.717) is 18.7 Å². The molecule has 0 aliphatic heterocycles. The van der Waals surface area contributed by atoms with E-state index in [0.717, 1.165) is 18.1 Å². The number of nitrogens with zero attached hydrogens (tertiary/aromatic N) is 1. The molecule has 1 heterocycles. The molecule has 0 unspecified atom stereocenters. The smallest absolute Gasteiger partial charge is 0.251 e. The van der Waals surface area contributed by atoms with Gasteiger partial charge in [0.25, 0.3) is 5.91 Å². The van der Waals surface area contributed by atoms with Crippen LogP contribution in [0.4, 0.5) is 0 Å². The second kappa shape index (κ2) is 8.95. The van der Waals surface area contributed by atoms with E-state index < -0.39 is 0 Å². The minimum atomic E-state index is -0.0469. The van der Waals surface area contributed by atoms with Crippen LogP contribution in [0, 0.1) is 0 Å². The van der Waals surface area contributed by atoms with E-state index >= 15 is 0 Å². The highest BCUT2D eigenvalue weighted by molar-refractivity contribution is 7.07. The minimum absolute atomic E-state index is 0.0469. The molecule has 6 heteroatoms. The third-order valence-corrected chi connectivity index (χ3v) is 3.98. The van der Waals surface area contributed by atoms with Crippen LogP contribution in [-0.4, -0.2) is 25.5 Å². The first-order valence-electron chi connectivity index (χ1n) is 7.55. The van der Waals surface area contributed by atoms with Crippen molar-refractivity contribution in [1.82, 2.24) is 16.0 Å². The minimum Gasteiger partial charge on any atom is -0.352 e. The Hall–Kier alpha value is -2.34. The Morgan fingerprint density at radius 3 is 2.57 bits per heavy atom. The normalized spacial score (nSPS) is 11.1. The molecule has 3 N–H and O–H groups in total. The van der Waals surface area contributed by atoms with E-state index in [1.807, 2.05) is 31.2 Å². The summed E-state index contributed by atoms with van der Waals surface area (Å²) in [5.74, 6) is 0.689. The monoisotopic (exact) mass is 330 g/mol. The molecule has 0 radical (unpaired) electrons. The molecule has 0 bridgehead atoms. The van der Waals surface area contributed by atoms with Crippen molar-refractivity contribution in [3.63, 3.8) is 0 Å². The predicted molar refractivity (Wildman–Crippen MR) is 95.8 cm³/mol. The second-order valence-electron chi connectivity index (χ2n) is 4.97. The van der Waals surface area contributed by atoms with Gasteiger partial charge >= 0.3 is 0 Å². The van der Waals surface area contributed by atoms with Crippen LogP contribution in [0.3, 0.4) is 0 Å². The lowest BCUT2D eigenvalue weighted by molar-refractivity contribution is 0.0955. The van der Waals surface area contributed by atoms with Gasteiger partial charge in [-0.05, 0) is 47.0 Å². The highest BCUT2D eigenvalue weighted by Gasteiger charge is 2.05. The van der Waals surface area contributed by atoms with Crippen LogP contribution < -0.4 is 16.0 Å². The zero-order valence-electron chi connectivity index (χ0n) is 13.4. The molecular formula is C17H22N4OS. The van der Waals surface area contributed by atoms with Gasteiger partial charge in [0.1, 0.15) is 0 Å². The van der Waals surface area contributed by atoms with Crippen molar-refractivity contribution in [3.05, 3.63) is 57.8 Å². The average molecular weight is 330 g/mol. The van der Waals surface area contributed by atoms with Crippen LogP contribution in [0.1, 0.15) is 28.4 Å². The van der Waals surface area contributed by atoms with Crippen molar-refractivity contribution < 1.29 is 4.79 Å². The zero-order valence-corrected chi connectivity index (χ0v) is 14.2. The topological polar surface area (TPSA) is 65.5 Å². The van der Waals surface area contributed by atoms with Gasteiger partial charge in [-0.15, -0.1) is 0 Å². The Morgan fingerprint density at radius 1 is 1.13 bits per heavy atom. The fraction of sp³-hybridized carbons (Fsp3) is 0.294. The third kappa shape index (κ3) is 5.41. The summed E-state index contributed by atoms with van der Waals surface area (Å²) >= 11 is 1.68. The maximum atomic E-state index is 11.9. The molecule has 2 aromatic rings. The van der Waals surface area contributed by atoms with Gasteiger partial charge in [0, 0.05) is 32.2 Å². The Balaban J connectivity index is 1.88. The summed E-state index contributed by atoms with van der Waals surface area (Å²) in [4.78, 5) is 16.1. The number of amides is 1. The van der Waals surface area contributed by atoms with Crippen molar-refractivity contribution in [2.75, 3.05) is 13.6 Å². The number of aliphatic imine (C=N–C) groups is 1. The molecular weight excluding hydrogens is 308 g/mol. The molecule has 1 amide bonds. The van der Waals surface area contributed by atoms with Crippen LogP contribution in [-0.2, 0) is 13.1 Å². The summed E-state index contributed by atoms with van der Waals surface area (Å²) in [5, 5.41) is 13.5. The third-order valence-electron chi connectivity index (χ3n) is 3.25. The molecule has 1 aromatic heterocycles. The van der Waals surface area contributed by atoms with Gasteiger partial charge in [0.05, 0.1) is 0 Å². The Labute approximate surface area is 140 Å². The molecule has 0 aliphatic carbocycles. The number of hydrogen-bond donors (Lipinski definition) is 3. The van der Waals surface area contributed by atoms with Crippen LogP contribution >= 0.6 is 11.3 Å². The van der Waals surface area contributed by atoms with Crippen LogP contribution in [0.2, 0.25) is 0 Å². The lowest BCUT2D eigenvalue weighted by atomic mass is 10.1. The van der Waals surface area contributed by atoms with Gasteiger partial charge in [-0.1, -0.05) is 12.1 Å². The molecule has 0 saturated heterocycles. The highest BCUT2D eigenvalue weighted by atomic mass is 32.1. The van der Waals surface area contributed by atoms with Gasteiger partial charge in [-0.2, -0.15) is 11.3 Å². The standard InChI is InChI=1S/C17H22N4OS/c1-3-19-16(22)15-6-4-5-13(9-15)10-20-17(18-2)21-11-14-7-8-23-12-14/h4-9,12H,3,10-11H2,1-2H3,(H,19,22)(H2,18,20,21). The fourth-order valence-corrected chi connectivity index (χ4v) is 2.74. The van der Waals surface area contributed by atoms with Gasteiger partial charge < -0.3 is 16.0 Å². The van der Waals surface area contributed by atoms with Gasteiger partial charge in [0.2, 0.25) is 0 Å². The van der Waals surface area contributed by atoms with E-state index in [1.165, 1.54) is 5.56 Å². The molecule has 122 valence electrons. The number of carbonyl (C=O) groups is 1. The molecule has 5 nitrogen and oxygen atoms in total. The Bertz CT molecular complexity index is 652. The lowest BCUT2D eigenvalue weighted by Gasteiger charge is -2.12. The van der Waals surface area contributed by atoms with Crippen molar-refractivity contribution in [1.29, 1.82) is 0 Å². The maximum Gasteiger partial charge on any atom is 0.251 e. The van der Waals surface area contributed by atoms with E-state index in [-0.39, 0.29) is 5.91 Å². The summed E-state index contributed by atoms with van der Waals surface area (Å²) < 4.78 is 0. The van der Waals surface area contributed by atoms with Crippen molar-refractivity contribution in [3.8, 4) is 0 Å². The molecule has 0 fully saturated rings. The van der Waals surface area contributed by atoms with Gasteiger partial charge in [-0.3, -0.25) is 9.79 Å². The zero-order chi connectivity index (χ0) is 16.5. The van der Waals surface area contributed by atoms with Crippen LogP contribution in [0.15, 0.2) is 46.1 Å². The van der Waals surface area contributed by atoms with Crippen LogP contribution in [0.25, 0.3) is 0 Å². The molecule has 0 spiro atoms.